The number of carbonyl (C=O) groups is 2. The summed E-state index contributed by atoms with van der Waals surface area (Å²) in [5.41, 5.74) is 2.96. The highest BCUT2D eigenvalue weighted by Crippen LogP contribution is 2.22. The first-order valence-corrected chi connectivity index (χ1v) is 13.9. The van der Waals surface area contributed by atoms with Crippen molar-refractivity contribution in [3.8, 4) is 11.8 Å². The maximum Gasteiger partial charge on any atom is 0.251 e. The van der Waals surface area contributed by atoms with Crippen LogP contribution in [0.15, 0.2) is 84.0 Å². The quantitative estimate of drug-likeness (QED) is 0.184. The normalized spacial score (nSPS) is 10.9. The number of H-pyrrole nitrogens is 1. The van der Waals surface area contributed by atoms with Crippen LogP contribution in [0.4, 0.5) is 4.39 Å². The van der Waals surface area contributed by atoms with Crippen LogP contribution >= 0.6 is 0 Å². The van der Waals surface area contributed by atoms with E-state index in [0.29, 0.717) is 29.7 Å². The van der Waals surface area contributed by atoms with Gasteiger partial charge in [-0.2, -0.15) is 5.10 Å². The summed E-state index contributed by atoms with van der Waals surface area (Å²) in [6.45, 7) is 1.87. The number of sulfone groups is 1. The molecule has 7 nitrogen and oxygen atoms in total. The Morgan fingerprint density at radius 3 is 2.33 bits per heavy atom. The average Bonchev–Trinajstić information content (AvgIpc) is 3.44. The molecular formula is C30H26FN3O4S. The zero-order valence-electron chi connectivity index (χ0n) is 21.2. The minimum atomic E-state index is -3.86. The lowest BCUT2D eigenvalue weighted by Gasteiger charge is -2.10. The van der Waals surface area contributed by atoms with Gasteiger partial charge in [0, 0.05) is 35.0 Å². The van der Waals surface area contributed by atoms with E-state index >= 15 is 0 Å². The summed E-state index contributed by atoms with van der Waals surface area (Å²) in [5.74, 6) is 4.53. The van der Waals surface area contributed by atoms with Gasteiger partial charge in [0.2, 0.25) is 0 Å². The Kier molecular flexibility index (Phi) is 8.69. The van der Waals surface area contributed by atoms with Crippen LogP contribution in [0.2, 0.25) is 0 Å². The van der Waals surface area contributed by atoms with Gasteiger partial charge in [-0.15, -0.1) is 0 Å². The molecular weight excluding hydrogens is 517 g/mol. The van der Waals surface area contributed by atoms with Crippen molar-refractivity contribution in [2.45, 2.75) is 30.4 Å². The molecule has 0 bridgehead atoms. The van der Waals surface area contributed by atoms with Crippen molar-refractivity contribution in [1.82, 2.24) is 15.5 Å². The summed E-state index contributed by atoms with van der Waals surface area (Å²) in [5, 5.41) is 9.49. The first kappa shape index (κ1) is 27.5. The van der Waals surface area contributed by atoms with Crippen LogP contribution in [0.25, 0.3) is 0 Å². The van der Waals surface area contributed by atoms with Crippen LogP contribution in [0, 0.1) is 17.7 Å². The van der Waals surface area contributed by atoms with E-state index in [4.69, 9.17) is 0 Å². The molecule has 4 rings (SSSR count). The number of hydrogen-bond acceptors (Lipinski definition) is 5. The fourth-order valence-corrected chi connectivity index (χ4v) is 5.36. The Morgan fingerprint density at radius 2 is 1.67 bits per heavy atom. The molecule has 1 amide bonds. The van der Waals surface area contributed by atoms with E-state index in [1.165, 1.54) is 49.4 Å². The lowest BCUT2D eigenvalue weighted by molar-refractivity contribution is 0.0952. The number of hydrogen-bond donors (Lipinski definition) is 2. The van der Waals surface area contributed by atoms with Crippen LogP contribution in [0.3, 0.4) is 0 Å². The fourth-order valence-electron chi connectivity index (χ4n) is 3.86. The van der Waals surface area contributed by atoms with Crippen molar-refractivity contribution >= 4 is 21.5 Å². The van der Waals surface area contributed by atoms with E-state index in [1.54, 1.807) is 36.7 Å². The number of rotatable bonds is 9. The minimum absolute atomic E-state index is 0.0238. The van der Waals surface area contributed by atoms with E-state index in [9.17, 15) is 22.4 Å². The molecule has 198 valence electrons. The Labute approximate surface area is 226 Å². The first-order valence-electron chi connectivity index (χ1n) is 12.2. The van der Waals surface area contributed by atoms with Gasteiger partial charge in [0.1, 0.15) is 5.82 Å². The molecule has 0 fully saturated rings. The number of aromatic nitrogens is 2. The monoisotopic (exact) mass is 543 g/mol. The largest absolute Gasteiger partial charge is 0.352 e. The summed E-state index contributed by atoms with van der Waals surface area (Å²) in [7, 11) is -3.86. The van der Waals surface area contributed by atoms with Crippen LogP contribution < -0.4 is 5.32 Å². The molecule has 0 aliphatic carbocycles. The third-order valence-corrected chi connectivity index (χ3v) is 7.70. The van der Waals surface area contributed by atoms with Gasteiger partial charge in [-0.05, 0) is 73.4 Å². The van der Waals surface area contributed by atoms with Crippen molar-refractivity contribution in [2.75, 3.05) is 6.54 Å². The molecule has 0 aliphatic rings. The van der Waals surface area contributed by atoms with Crippen molar-refractivity contribution < 1.29 is 22.4 Å². The van der Waals surface area contributed by atoms with E-state index in [1.807, 2.05) is 0 Å². The first-order chi connectivity index (χ1) is 18.7. The summed E-state index contributed by atoms with van der Waals surface area (Å²) in [6.07, 6.45) is 4.97. The van der Waals surface area contributed by atoms with E-state index in [0.717, 1.165) is 12.0 Å². The molecule has 3 aromatic carbocycles. The van der Waals surface area contributed by atoms with E-state index < -0.39 is 15.7 Å². The summed E-state index contributed by atoms with van der Waals surface area (Å²) in [4.78, 5) is 24.3. The lowest BCUT2D eigenvalue weighted by Crippen LogP contribution is -2.25. The molecule has 0 aliphatic heterocycles. The van der Waals surface area contributed by atoms with Crippen LogP contribution in [-0.2, 0) is 22.0 Å². The second kappa shape index (κ2) is 12.3. The minimum Gasteiger partial charge on any atom is -0.352 e. The number of aryl methyl sites for hydroxylation is 1. The number of aromatic amines is 1. The zero-order chi connectivity index (χ0) is 27.8. The molecule has 2 N–H and O–H groups in total. The maximum absolute atomic E-state index is 13.4. The zero-order valence-corrected chi connectivity index (χ0v) is 22.0. The number of nitrogens with zero attached hydrogens (tertiary/aromatic N) is 1. The number of halogens is 1. The molecule has 4 aromatic rings. The highest BCUT2D eigenvalue weighted by molar-refractivity contribution is 7.90. The third kappa shape index (κ3) is 7.49. The van der Waals surface area contributed by atoms with Gasteiger partial charge in [0.15, 0.2) is 15.6 Å². The summed E-state index contributed by atoms with van der Waals surface area (Å²) < 4.78 is 40.1. The molecule has 0 spiro atoms. The Morgan fingerprint density at radius 1 is 0.949 bits per heavy atom. The van der Waals surface area contributed by atoms with Gasteiger partial charge in [-0.25, -0.2) is 12.8 Å². The van der Waals surface area contributed by atoms with Crippen molar-refractivity contribution in [2.24, 2.45) is 0 Å². The molecule has 1 heterocycles. The highest BCUT2D eigenvalue weighted by atomic mass is 32.2. The van der Waals surface area contributed by atoms with E-state index in [2.05, 4.69) is 27.4 Å². The van der Waals surface area contributed by atoms with Crippen LogP contribution in [-0.4, -0.2) is 36.9 Å². The van der Waals surface area contributed by atoms with Gasteiger partial charge in [-0.3, -0.25) is 14.7 Å². The second-order valence-corrected chi connectivity index (χ2v) is 10.9. The van der Waals surface area contributed by atoms with Gasteiger partial charge >= 0.3 is 0 Å². The molecule has 0 saturated heterocycles. The van der Waals surface area contributed by atoms with Crippen LogP contribution in [0.1, 0.15) is 56.3 Å². The predicted molar refractivity (Wildman–Crippen MR) is 145 cm³/mol. The van der Waals surface area contributed by atoms with Crippen molar-refractivity contribution in [3.63, 3.8) is 0 Å². The number of nitrogens with one attached hydrogen (secondary N) is 2. The SMILES string of the molecule is CC(=O)c1ccc(CS(=O)(=O)c2ccc(C(=O)NCCCc3cn[nH]c3)cc2C#Cc2ccc(F)cc2)cc1. The van der Waals surface area contributed by atoms with Crippen molar-refractivity contribution in [3.05, 3.63) is 118 Å². The standard InChI is InChI=1S/C30H26FN3O4S/c1-21(35)25-9-5-23(6-10-25)20-39(37,38)29-15-12-27(30(36)32-16-2-3-24-18-33-34-19-24)17-26(29)11-4-22-7-13-28(31)14-8-22/h5-10,12-15,17-19H,2-3,16,20H2,1H3,(H,32,36)(H,33,34). The second-order valence-electron chi connectivity index (χ2n) is 8.95. The number of ketones is 1. The smallest absolute Gasteiger partial charge is 0.251 e. The number of benzene rings is 3. The maximum atomic E-state index is 13.4. The van der Waals surface area contributed by atoms with Crippen molar-refractivity contribution in [1.29, 1.82) is 0 Å². The fraction of sp³-hybridized carbons (Fsp3) is 0.167. The molecule has 0 saturated carbocycles. The number of amides is 1. The molecule has 39 heavy (non-hydrogen) atoms. The number of carbonyl (C=O) groups excluding carboxylic acids is 2. The lowest BCUT2D eigenvalue weighted by atomic mass is 10.1. The molecule has 0 radical (unpaired) electrons. The van der Waals surface area contributed by atoms with Crippen LogP contribution in [0.5, 0.6) is 0 Å². The molecule has 0 unspecified atom stereocenters. The van der Waals surface area contributed by atoms with Gasteiger partial charge in [-0.1, -0.05) is 36.1 Å². The van der Waals surface area contributed by atoms with E-state index in [-0.39, 0.29) is 33.5 Å². The topological polar surface area (TPSA) is 109 Å². The Hall–Kier alpha value is -4.55. The summed E-state index contributed by atoms with van der Waals surface area (Å²) >= 11 is 0. The van der Waals surface area contributed by atoms with Gasteiger partial charge < -0.3 is 5.32 Å². The molecule has 9 heteroatoms. The Bertz CT molecular complexity index is 1640. The average molecular weight is 544 g/mol. The summed E-state index contributed by atoms with van der Waals surface area (Å²) in [6, 6.07) is 16.2. The highest BCUT2D eigenvalue weighted by Gasteiger charge is 2.21. The third-order valence-electron chi connectivity index (χ3n) is 5.96. The van der Waals surface area contributed by atoms with Gasteiger partial charge in [0.25, 0.3) is 5.91 Å². The Balaban J connectivity index is 1.59. The molecule has 0 atom stereocenters. The predicted octanol–water partition coefficient (Wildman–Crippen LogP) is 4.49. The molecule has 1 aromatic heterocycles. The van der Waals surface area contributed by atoms with Gasteiger partial charge in [0.05, 0.1) is 16.8 Å². The number of Topliss-reactive ketones (excluding diaryl/α,β-unsaturated/α-hetero) is 1.